The van der Waals surface area contributed by atoms with Crippen molar-refractivity contribution in [2.24, 2.45) is 0 Å². The summed E-state index contributed by atoms with van der Waals surface area (Å²) in [5, 5.41) is 4.28. The standard InChI is InChI=1S/C11H13N3S/c1-8-2-4-9(5-3-8)7-13-11-6-10(12)14-15-11/h2-6,13H,7H2,1H3,(H2,12,14). The number of aryl methyl sites for hydroxylation is 1. The molecule has 0 unspecified atom stereocenters. The molecule has 0 saturated heterocycles. The van der Waals surface area contributed by atoms with Crippen LogP contribution in [-0.2, 0) is 6.54 Å². The average molecular weight is 219 g/mol. The van der Waals surface area contributed by atoms with Crippen molar-refractivity contribution >= 4 is 22.4 Å². The van der Waals surface area contributed by atoms with Gasteiger partial charge in [-0.2, -0.15) is 4.37 Å². The zero-order valence-corrected chi connectivity index (χ0v) is 9.34. The van der Waals surface area contributed by atoms with Crippen LogP contribution >= 0.6 is 11.5 Å². The van der Waals surface area contributed by atoms with Crippen LogP contribution in [0.3, 0.4) is 0 Å². The molecule has 3 N–H and O–H groups in total. The first-order valence-corrected chi connectivity index (χ1v) is 5.53. The highest BCUT2D eigenvalue weighted by molar-refractivity contribution is 7.10. The monoisotopic (exact) mass is 219 g/mol. The van der Waals surface area contributed by atoms with E-state index in [1.165, 1.54) is 22.7 Å². The predicted octanol–water partition coefficient (Wildman–Crippen LogP) is 2.65. The Morgan fingerprint density at radius 3 is 2.67 bits per heavy atom. The van der Waals surface area contributed by atoms with E-state index in [-0.39, 0.29) is 0 Å². The van der Waals surface area contributed by atoms with Crippen molar-refractivity contribution in [2.45, 2.75) is 13.5 Å². The van der Waals surface area contributed by atoms with Crippen LogP contribution in [0.25, 0.3) is 0 Å². The van der Waals surface area contributed by atoms with Gasteiger partial charge in [-0.05, 0) is 24.0 Å². The van der Waals surface area contributed by atoms with E-state index in [9.17, 15) is 0 Å². The normalized spacial score (nSPS) is 10.2. The van der Waals surface area contributed by atoms with Crippen LogP contribution < -0.4 is 11.1 Å². The van der Waals surface area contributed by atoms with Gasteiger partial charge in [-0.3, -0.25) is 0 Å². The van der Waals surface area contributed by atoms with E-state index in [2.05, 4.69) is 40.9 Å². The van der Waals surface area contributed by atoms with E-state index in [4.69, 9.17) is 5.73 Å². The molecule has 0 spiro atoms. The smallest absolute Gasteiger partial charge is 0.139 e. The van der Waals surface area contributed by atoms with Crippen molar-refractivity contribution < 1.29 is 0 Å². The van der Waals surface area contributed by atoms with Crippen molar-refractivity contribution in [3.05, 3.63) is 41.5 Å². The van der Waals surface area contributed by atoms with Crippen LogP contribution in [0.15, 0.2) is 30.3 Å². The van der Waals surface area contributed by atoms with Gasteiger partial charge < -0.3 is 11.1 Å². The van der Waals surface area contributed by atoms with Crippen LogP contribution in [0.4, 0.5) is 10.8 Å². The molecule has 4 heteroatoms. The minimum Gasteiger partial charge on any atom is -0.383 e. The molecule has 15 heavy (non-hydrogen) atoms. The largest absolute Gasteiger partial charge is 0.383 e. The number of nitrogens with two attached hydrogens (primary N) is 1. The van der Waals surface area contributed by atoms with Crippen molar-refractivity contribution in [3.63, 3.8) is 0 Å². The summed E-state index contributed by atoms with van der Waals surface area (Å²) in [7, 11) is 0. The van der Waals surface area contributed by atoms with Gasteiger partial charge in [-0.1, -0.05) is 29.8 Å². The Kier molecular flexibility index (Phi) is 2.87. The number of rotatable bonds is 3. The van der Waals surface area contributed by atoms with Gasteiger partial charge in [0.1, 0.15) is 10.8 Å². The third-order valence-electron chi connectivity index (χ3n) is 2.12. The molecule has 1 aromatic carbocycles. The first-order chi connectivity index (χ1) is 7.24. The number of aromatic nitrogens is 1. The molecule has 0 amide bonds. The molecule has 0 aliphatic carbocycles. The van der Waals surface area contributed by atoms with Gasteiger partial charge in [-0.15, -0.1) is 0 Å². The quantitative estimate of drug-likeness (QED) is 0.834. The van der Waals surface area contributed by atoms with E-state index in [1.54, 1.807) is 0 Å². The van der Waals surface area contributed by atoms with Gasteiger partial charge >= 0.3 is 0 Å². The summed E-state index contributed by atoms with van der Waals surface area (Å²) in [5.74, 6) is 0.575. The minimum atomic E-state index is 0.575. The fourth-order valence-electron chi connectivity index (χ4n) is 1.27. The molecule has 2 aromatic rings. The summed E-state index contributed by atoms with van der Waals surface area (Å²) in [5.41, 5.74) is 8.06. The molecule has 78 valence electrons. The number of hydrogen-bond acceptors (Lipinski definition) is 4. The Balaban J connectivity index is 1.96. The number of nitrogens with zero attached hydrogens (tertiary/aromatic N) is 1. The molecule has 0 aliphatic heterocycles. The lowest BCUT2D eigenvalue weighted by molar-refractivity contribution is 1.16. The Hall–Kier alpha value is -1.55. The minimum absolute atomic E-state index is 0.575. The van der Waals surface area contributed by atoms with Gasteiger partial charge in [0.15, 0.2) is 0 Å². The molecule has 1 heterocycles. The molecular weight excluding hydrogens is 206 g/mol. The summed E-state index contributed by atoms with van der Waals surface area (Å²) in [4.78, 5) is 0. The summed E-state index contributed by atoms with van der Waals surface area (Å²) < 4.78 is 4.00. The summed E-state index contributed by atoms with van der Waals surface area (Å²) >= 11 is 1.39. The molecule has 0 saturated carbocycles. The number of benzene rings is 1. The van der Waals surface area contributed by atoms with E-state index < -0.39 is 0 Å². The highest BCUT2D eigenvalue weighted by Gasteiger charge is 1.97. The Labute approximate surface area is 93.1 Å². The third kappa shape index (κ3) is 2.70. The van der Waals surface area contributed by atoms with E-state index in [0.717, 1.165) is 11.5 Å². The van der Waals surface area contributed by atoms with Crippen molar-refractivity contribution in [1.29, 1.82) is 0 Å². The Bertz CT molecular complexity index is 433. The molecular formula is C11H13N3S. The fraction of sp³-hybridized carbons (Fsp3) is 0.182. The second kappa shape index (κ2) is 4.31. The SMILES string of the molecule is Cc1ccc(CNc2cc(N)ns2)cc1. The highest BCUT2D eigenvalue weighted by atomic mass is 32.1. The average Bonchev–Trinajstić information content (AvgIpc) is 2.64. The van der Waals surface area contributed by atoms with Crippen molar-refractivity contribution in [3.8, 4) is 0 Å². The van der Waals surface area contributed by atoms with E-state index in [0.29, 0.717) is 5.82 Å². The first kappa shape index (κ1) is 9.98. The number of nitrogens with one attached hydrogen (secondary N) is 1. The maximum absolute atomic E-state index is 5.53. The maximum Gasteiger partial charge on any atom is 0.139 e. The zero-order valence-electron chi connectivity index (χ0n) is 8.53. The van der Waals surface area contributed by atoms with E-state index >= 15 is 0 Å². The Morgan fingerprint density at radius 1 is 1.33 bits per heavy atom. The van der Waals surface area contributed by atoms with Gasteiger partial charge in [0, 0.05) is 12.6 Å². The van der Waals surface area contributed by atoms with Gasteiger partial charge in [0.25, 0.3) is 0 Å². The van der Waals surface area contributed by atoms with Crippen LogP contribution in [0.1, 0.15) is 11.1 Å². The van der Waals surface area contributed by atoms with Crippen molar-refractivity contribution in [2.75, 3.05) is 11.1 Å². The summed E-state index contributed by atoms with van der Waals surface area (Å²) in [6, 6.07) is 10.3. The molecule has 2 rings (SSSR count). The summed E-state index contributed by atoms with van der Waals surface area (Å²) in [6.45, 7) is 2.89. The highest BCUT2D eigenvalue weighted by Crippen LogP contribution is 2.18. The topological polar surface area (TPSA) is 50.9 Å². The maximum atomic E-state index is 5.53. The number of nitrogen functional groups attached to an aromatic ring is 1. The molecule has 0 bridgehead atoms. The lowest BCUT2D eigenvalue weighted by Gasteiger charge is -2.03. The fourth-order valence-corrected chi connectivity index (χ4v) is 1.83. The molecule has 3 nitrogen and oxygen atoms in total. The molecule has 0 aliphatic rings. The lowest BCUT2D eigenvalue weighted by Crippen LogP contribution is -1.97. The second-order valence-corrected chi connectivity index (χ2v) is 4.26. The zero-order chi connectivity index (χ0) is 10.7. The van der Waals surface area contributed by atoms with Crippen molar-refractivity contribution in [1.82, 2.24) is 4.37 Å². The molecule has 1 aromatic heterocycles. The van der Waals surface area contributed by atoms with Gasteiger partial charge in [-0.25, -0.2) is 0 Å². The van der Waals surface area contributed by atoms with Crippen LogP contribution in [0.2, 0.25) is 0 Å². The van der Waals surface area contributed by atoms with Gasteiger partial charge in [0.05, 0.1) is 0 Å². The Morgan fingerprint density at radius 2 is 2.07 bits per heavy atom. The molecule has 0 atom stereocenters. The molecule has 0 radical (unpaired) electrons. The number of hydrogen-bond donors (Lipinski definition) is 2. The first-order valence-electron chi connectivity index (χ1n) is 4.75. The lowest BCUT2D eigenvalue weighted by atomic mass is 10.1. The molecule has 0 fully saturated rings. The van der Waals surface area contributed by atoms with Crippen LogP contribution in [0, 0.1) is 6.92 Å². The van der Waals surface area contributed by atoms with Crippen LogP contribution in [0.5, 0.6) is 0 Å². The predicted molar refractivity (Wildman–Crippen MR) is 65.0 cm³/mol. The van der Waals surface area contributed by atoms with Crippen LogP contribution in [-0.4, -0.2) is 4.37 Å². The van der Waals surface area contributed by atoms with E-state index in [1.807, 2.05) is 6.07 Å². The third-order valence-corrected chi connectivity index (χ3v) is 2.88. The number of anilines is 2. The summed E-state index contributed by atoms with van der Waals surface area (Å²) in [6.07, 6.45) is 0. The van der Waals surface area contributed by atoms with Gasteiger partial charge in [0.2, 0.25) is 0 Å². The second-order valence-electron chi connectivity index (χ2n) is 3.46.